The molecular weight excluding hydrogens is 302 g/mol. The summed E-state index contributed by atoms with van der Waals surface area (Å²) in [5.41, 5.74) is 8.16. The highest BCUT2D eigenvalue weighted by Crippen LogP contribution is 2.31. The lowest BCUT2D eigenvalue weighted by molar-refractivity contribution is 0.0697. The molecule has 2 aromatic rings. The van der Waals surface area contributed by atoms with E-state index in [4.69, 9.17) is 27.2 Å². The van der Waals surface area contributed by atoms with Crippen molar-refractivity contribution in [3.8, 4) is 5.75 Å². The average Bonchev–Trinajstić information content (AvgIpc) is 2.53. The molecule has 0 aliphatic carbocycles. The van der Waals surface area contributed by atoms with E-state index in [-0.39, 0.29) is 11.5 Å². The first kappa shape index (κ1) is 16.3. The van der Waals surface area contributed by atoms with E-state index >= 15 is 0 Å². The molecular formula is C17H18ClNO3. The van der Waals surface area contributed by atoms with Gasteiger partial charge in [-0.2, -0.15) is 0 Å². The summed E-state index contributed by atoms with van der Waals surface area (Å²) < 4.78 is 5.38. The van der Waals surface area contributed by atoms with Crippen molar-refractivity contribution in [3.63, 3.8) is 0 Å². The summed E-state index contributed by atoms with van der Waals surface area (Å²) in [5.74, 6) is -0.134. The number of nitrogens with two attached hydrogens (primary N) is 1. The first-order chi connectivity index (χ1) is 10.5. The van der Waals surface area contributed by atoms with Crippen LogP contribution in [0.2, 0.25) is 5.02 Å². The van der Waals surface area contributed by atoms with Crippen LogP contribution in [0.3, 0.4) is 0 Å². The second-order valence-electron chi connectivity index (χ2n) is 5.03. The van der Waals surface area contributed by atoms with Gasteiger partial charge in [-0.05, 0) is 48.9 Å². The number of aromatic carboxylic acids is 1. The van der Waals surface area contributed by atoms with E-state index in [1.165, 1.54) is 0 Å². The highest BCUT2D eigenvalue weighted by Gasteiger charge is 2.16. The van der Waals surface area contributed by atoms with Crippen molar-refractivity contribution in [2.24, 2.45) is 5.73 Å². The van der Waals surface area contributed by atoms with Gasteiger partial charge in [0, 0.05) is 16.5 Å². The number of ether oxygens (including phenoxy) is 1. The van der Waals surface area contributed by atoms with Gasteiger partial charge in [-0.3, -0.25) is 0 Å². The Labute approximate surface area is 134 Å². The van der Waals surface area contributed by atoms with Crippen LogP contribution in [0.5, 0.6) is 5.75 Å². The van der Waals surface area contributed by atoms with Gasteiger partial charge in [-0.1, -0.05) is 23.7 Å². The quantitative estimate of drug-likeness (QED) is 0.856. The molecule has 0 spiro atoms. The van der Waals surface area contributed by atoms with Crippen molar-refractivity contribution >= 4 is 17.6 Å². The van der Waals surface area contributed by atoms with Crippen molar-refractivity contribution in [3.05, 3.63) is 64.2 Å². The Balaban J connectivity index is 2.25. The normalized spacial score (nSPS) is 12.0. The third kappa shape index (κ3) is 3.78. The summed E-state index contributed by atoms with van der Waals surface area (Å²) in [7, 11) is 1.61. The van der Waals surface area contributed by atoms with E-state index in [9.17, 15) is 4.79 Å². The van der Waals surface area contributed by atoms with Crippen LogP contribution >= 0.6 is 11.6 Å². The highest BCUT2D eigenvalue weighted by molar-refractivity contribution is 6.30. The van der Waals surface area contributed by atoms with Crippen LogP contribution in [0.4, 0.5) is 0 Å². The number of hydrogen-bond acceptors (Lipinski definition) is 3. The fourth-order valence-corrected chi connectivity index (χ4v) is 2.59. The predicted octanol–water partition coefficient (Wildman–Crippen LogP) is 3.33. The van der Waals surface area contributed by atoms with Gasteiger partial charge in [0.1, 0.15) is 5.75 Å². The van der Waals surface area contributed by atoms with Gasteiger partial charge in [-0.15, -0.1) is 0 Å². The zero-order chi connectivity index (χ0) is 16.1. The average molecular weight is 320 g/mol. The number of carboxylic acids is 1. The summed E-state index contributed by atoms with van der Waals surface area (Å²) >= 11 is 6.07. The molecule has 4 nitrogen and oxygen atoms in total. The molecule has 0 amide bonds. The number of carboxylic acid groups (broad SMARTS) is 1. The molecule has 0 aromatic heterocycles. The van der Waals surface area contributed by atoms with Crippen molar-refractivity contribution in [1.82, 2.24) is 0 Å². The molecule has 2 rings (SSSR count). The first-order valence-corrected chi connectivity index (χ1v) is 7.28. The fraction of sp³-hybridized carbons (Fsp3) is 0.235. The second kappa shape index (κ2) is 7.29. The van der Waals surface area contributed by atoms with Crippen LogP contribution in [0.15, 0.2) is 42.5 Å². The van der Waals surface area contributed by atoms with E-state index in [0.717, 1.165) is 16.9 Å². The monoisotopic (exact) mass is 319 g/mol. The van der Waals surface area contributed by atoms with Gasteiger partial charge < -0.3 is 15.6 Å². The van der Waals surface area contributed by atoms with Crippen LogP contribution < -0.4 is 10.5 Å². The van der Waals surface area contributed by atoms with Gasteiger partial charge in [0.15, 0.2) is 0 Å². The number of carbonyl (C=O) groups is 1. The molecule has 0 aliphatic rings. The minimum absolute atomic E-state index is 0.0457. The second-order valence-corrected chi connectivity index (χ2v) is 5.46. The number of methoxy groups -OCH3 is 1. The SMILES string of the molecule is COc1ccc(Cl)cc1C(CN)Cc1ccc(C(=O)O)cc1. The third-order valence-electron chi connectivity index (χ3n) is 3.60. The fourth-order valence-electron chi connectivity index (χ4n) is 2.41. The first-order valence-electron chi connectivity index (χ1n) is 6.91. The van der Waals surface area contributed by atoms with Gasteiger partial charge >= 0.3 is 5.97 Å². The lowest BCUT2D eigenvalue weighted by Gasteiger charge is -2.19. The van der Waals surface area contributed by atoms with Gasteiger partial charge in [0.2, 0.25) is 0 Å². The lowest BCUT2D eigenvalue weighted by Crippen LogP contribution is -2.16. The van der Waals surface area contributed by atoms with Crippen LogP contribution in [-0.2, 0) is 6.42 Å². The molecule has 0 saturated heterocycles. The molecule has 1 unspecified atom stereocenters. The Morgan fingerprint density at radius 3 is 2.50 bits per heavy atom. The van der Waals surface area contributed by atoms with Crippen LogP contribution in [0.1, 0.15) is 27.4 Å². The van der Waals surface area contributed by atoms with E-state index in [1.54, 1.807) is 25.3 Å². The highest BCUT2D eigenvalue weighted by atomic mass is 35.5. The van der Waals surface area contributed by atoms with Gasteiger partial charge in [0.05, 0.1) is 12.7 Å². The Kier molecular flexibility index (Phi) is 5.41. The standard InChI is InChI=1S/C17H18ClNO3/c1-22-16-7-6-14(18)9-15(16)13(10-19)8-11-2-4-12(5-3-11)17(20)21/h2-7,9,13H,8,10,19H2,1H3,(H,20,21). The number of rotatable bonds is 6. The van der Waals surface area contributed by atoms with E-state index in [0.29, 0.717) is 18.0 Å². The third-order valence-corrected chi connectivity index (χ3v) is 3.83. The summed E-state index contributed by atoms with van der Waals surface area (Å²) in [5, 5.41) is 9.56. The maximum absolute atomic E-state index is 10.9. The molecule has 3 N–H and O–H groups in total. The Morgan fingerprint density at radius 1 is 1.27 bits per heavy atom. The Bertz CT molecular complexity index is 655. The van der Waals surface area contributed by atoms with E-state index in [2.05, 4.69) is 0 Å². The Hall–Kier alpha value is -2.04. The Morgan fingerprint density at radius 2 is 1.95 bits per heavy atom. The minimum atomic E-state index is -0.932. The van der Waals surface area contributed by atoms with Gasteiger partial charge in [-0.25, -0.2) is 4.79 Å². The molecule has 0 aliphatic heterocycles. The van der Waals surface area contributed by atoms with E-state index < -0.39 is 5.97 Å². The zero-order valence-corrected chi connectivity index (χ0v) is 13.0. The smallest absolute Gasteiger partial charge is 0.335 e. The van der Waals surface area contributed by atoms with Crippen LogP contribution in [0.25, 0.3) is 0 Å². The maximum Gasteiger partial charge on any atom is 0.335 e. The summed E-state index contributed by atoms with van der Waals surface area (Å²) in [6, 6.07) is 12.3. The number of benzene rings is 2. The predicted molar refractivity (Wildman–Crippen MR) is 86.9 cm³/mol. The van der Waals surface area contributed by atoms with Crippen molar-refractivity contribution < 1.29 is 14.6 Å². The largest absolute Gasteiger partial charge is 0.496 e. The van der Waals surface area contributed by atoms with E-state index in [1.807, 2.05) is 24.3 Å². The summed E-state index contributed by atoms with van der Waals surface area (Å²) in [6.07, 6.45) is 0.688. The van der Waals surface area contributed by atoms with Gasteiger partial charge in [0.25, 0.3) is 0 Å². The lowest BCUT2D eigenvalue weighted by atomic mass is 9.91. The molecule has 0 bridgehead atoms. The van der Waals surface area contributed by atoms with Crippen molar-refractivity contribution in [2.75, 3.05) is 13.7 Å². The maximum atomic E-state index is 10.9. The molecule has 0 fully saturated rings. The molecule has 116 valence electrons. The molecule has 0 saturated carbocycles. The molecule has 2 aromatic carbocycles. The number of hydrogen-bond donors (Lipinski definition) is 2. The molecule has 1 atom stereocenters. The summed E-state index contributed by atoms with van der Waals surface area (Å²) in [6.45, 7) is 0.442. The zero-order valence-electron chi connectivity index (χ0n) is 12.3. The van der Waals surface area contributed by atoms with Crippen molar-refractivity contribution in [1.29, 1.82) is 0 Å². The molecule has 0 radical (unpaired) electrons. The van der Waals surface area contributed by atoms with Crippen molar-refractivity contribution in [2.45, 2.75) is 12.3 Å². The van der Waals surface area contributed by atoms with Crippen LogP contribution in [0, 0.1) is 0 Å². The molecule has 0 heterocycles. The molecule has 22 heavy (non-hydrogen) atoms. The summed E-state index contributed by atoms with van der Waals surface area (Å²) in [4.78, 5) is 10.9. The van der Waals surface area contributed by atoms with Crippen LogP contribution in [-0.4, -0.2) is 24.7 Å². The number of halogens is 1. The topological polar surface area (TPSA) is 72.5 Å². The minimum Gasteiger partial charge on any atom is -0.496 e. The molecule has 5 heteroatoms.